The van der Waals surface area contributed by atoms with Crippen molar-refractivity contribution in [2.24, 2.45) is 23.0 Å². The summed E-state index contributed by atoms with van der Waals surface area (Å²) in [7, 11) is 0. The molecule has 3 rings (SSSR count). The van der Waals surface area contributed by atoms with Crippen LogP contribution in [0.3, 0.4) is 0 Å². The van der Waals surface area contributed by atoms with Crippen LogP contribution in [0.2, 0.25) is 0 Å². The van der Waals surface area contributed by atoms with E-state index in [1.54, 1.807) is 0 Å². The predicted octanol–water partition coefficient (Wildman–Crippen LogP) is 1.75. The Morgan fingerprint density at radius 1 is 1.29 bits per heavy atom. The van der Waals surface area contributed by atoms with E-state index in [2.05, 4.69) is 5.32 Å². The van der Waals surface area contributed by atoms with E-state index in [9.17, 15) is 4.79 Å². The van der Waals surface area contributed by atoms with Crippen LogP contribution in [0.25, 0.3) is 0 Å². The van der Waals surface area contributed by atoms with Gasteiger partial charge >= 0.3 is 0 Å². The zero-order valence-electron chi connectivity index (χ0n) is 10.1. The highest BCUT2D eigenvalue weighted by atomic mass is 32.1. The summed E-state index contributed by atoms with van der Waals surface area (Å²) in [5.74, 6) is 1.67. The maximum absolute atomic E-state index is 12.3. The normalized spacial score (nSPS) is 37.5. The predicted molar refractivity (Wildman–Crippen MR) is 70.4 cm³/mol. The fourth-order valence-corrected chi connectivity index (χ4v) is 4.14. The summed E-state index contributed by atoms with van der Waals surface area (Å²) < 4.78 is 0. The van der Waals surface area contributed by atoms with Crippen molar-refractivity contribution in [2.75, 3.05) is 0 Å². The molecule has 0 aromatic carbocycles. The van der Waals surface area contributed by atoms with Crippen LogP contribution >= 0.6 is 12.2 Å². The van der Waals surface area contributed by atoms with Crippen LogP contribution in [-0.4, -0.2) is 16.9 Å². The van der Waals surface area contributed by atoms with Gasteiger partial charge in [0.15, 0.2) is 0 Å². The van der Waals surface area contributed by atoms with E-state index in [1.807, 2.05) is 0 Å². The van der Waals surface area contributed by atoms with Crippen LogP contribution in [0.15, 0.2) is 0 Å². The molecule has 94 valence electrons. The van der Waals surface area contributed by atoms with Crippen molar-refractivity contribution in [3.63, 3.8) is 0 Å². The van der Waals surface area contributed by atoms with Crippen molar-refractivity contribution in [3.05, 3.63) is 0 Å². The smallest absolute Gasteiger partial charge is 0.233 e. The second kappa shape index (κ2) is 3.94. The molecular weight excluding hydrogens is 232 g/mol. The maximum Gasteiger partial charge on any atom is 0.233 e. The monoisotopic (exact) mass is 252 g/mol. The number of nitrogens with one attached hydrogen (secondary N) is 1. The zero-order chi connectivity index (χ0) is 12.0. The Hall–Kier alpha value is -0.640. The summed E-state index contributed by atoms with van der Waals surface area (Å²) in [6, 6.07) is 0.396. The van der Waals surface area contributed by atoms with Gasteiger partial charge in [-0.25, -0.2) is 0 Å². The van der Waals surface area contributed by atoms with Gasteiger partial charge in [0.2, 0.25) is 5.91 Å². The standard InChI is InChI=1S/C13H20N2OS/c14-11(17)13(4-1-5-13)12(16)15-10-7-8-2-3-9(10)6-8/h8-10H,1-7H2,(H2,14,17)(H,15,16). The average Bonchev–Trinajstić information content (AvgIpc) is 2.75. The average molecular weight is 252 g/mol. The van der Waals surface area contributed by atoms with E-state index in [0.29, 0.717) is 16.9 Å². The van der Waals surface area contributed by atoms with Gasteiger partial charge in [0, 0.05) is 6.04 Å². The van der Waals surface area contributed by atoms with Gasteiger partial charge in [0.25, 0.3) is 0 Å². The van der Waals surface area contributed by atoms with E-state index in [-0.39, 0.29) is 5.91 Å². The lowest BCUT2D eigenvalue weighted by Crippen LogP contribution is -2.55. The largest absolute Gasteiger partial charge is 0.392 e. The number of nitrogens with two attached hydrogens (primary N) is 1. The number of hydrogen-bond donors (Lipinski definition) is 2. The summed E-state index contributed by atoms with van der Waals surface area (Å²) in [5, 5.41) is 3.23. The molecule has 0 heterocycles. The fourth-order valence-electron chi connectivity index (χ4n) is 3.84. The van der Waals surface area contributed by atoms with Crippen LogP contribution in [0.5, 0.6) is 0 Å². The van der Waals surface area contributed by atoms with Crippen LogP contribution in [0, 0.1) is 17.3 Å². The van der Waals surface area contributed by atoms with Gasteiger partial charge in [-0.15, -0.1) is 0 Å². The minimum absolute atomic E-state index is 0.105. The minimum atomic E-state index is -0.503. The van der Waals surface area contributed by atoms with Crippen molar-refractivity contribution in [2.45, 2.75) is 51.0 Å². The van der Waals surface area contributed by atoms with Crippen LogP contribution < -0.4 is 11.1 Å². The first-order valence-electron chi connectivity index (χ1n) is 6.73. The number of hydrogen-bond acceptors (Lipinski definition) is 2. The third-order valence-electron chi connectivity index (χ3n) is 5.17. The molecule has 3 fully saturated rings. The van der Waals surface area contributed by atoms with Crippen LogP contribution in [0.1, 0.15) is 44.9 Å². The van der Waals surface area contributed by atoms with Gasteiger partial charge in [0.1, 0.15) is 0 Å². The molecule has 3 nitrogen and oxygen atoms in total. The number of carbonyl (C=O) groups is 1. The van der Waals surface area contributed by atoms with Crippen molar-refractivity contribution >= 4 is 23.1 Å². The molecule has 0 aliphatic heterocycles. The van der Waals surface area contributed by atoms with Crippen molar-refractivity contribution in [3.8, 4) is 0 Å². The number of carbonyl (C=O) groups excluding carboxylic acids is 1. The Bertz CT molecular complexity index is 364. The molecule has 0 aromatic rings. The second-order valence-electron chi connectivity index (χ2n) is 6.05. The number of amides is 1. The van der Waals surface area contributed by atoms with Gasteiger partial charge in [-0.2, -0.15) is 0 Å². The lowest BCUT2D eigenvalue weighted by molar-refractivity contribution is -0.131. The quantitative estimate of drug-likeness (QED) is 0.752. The summed E-state index contributed by atoms with van der Waals surface area (Å²) in [6.07, 6.45) is 7.88. The van der Waals surface area contributed by atoms with Crippen molar-refractivity contribution < 1.29 is 4.79 Å². The van der Waals surface area contributed by atoms with Gasteiger partial charge < -0.3 is 11.1 Å². The molecule has 17 heavy (non-hydrogen) atoms. The highest BCUT2D eigenvalue weighted by Crippen LogP contribution is 2.46. The third-order valence-corrected chi connectivity index (χ3v) is 5.56. The number of fused-ring (bicyclic) bond motifs is 2. The molecule has 3 N–H and O–H groups in total. The summed E-state index contributed by atoms with van der Waals surface area (Å²) in [5.41, 5.74) is 5.25. The fraction of sp³-hybridized carbons (Fsp3) is 0.846. The molecule has 4 heteroatoms. The van der Waals surface area contributed by atoms with Gasteiger partial charge in [-0.3, -0.25) is 4.79 Å². The molecular formula is C13H20N2OS. The first-order chi connectivity index (χ1) is 8.12. The molecule has 0 spiro atoms. The van der Waals surface area contributed by atoms with Gasteiger partial charge in [-0.05, 0) is 43.9 Å². The Kier molecular flexibility index (Phi) is 2.65. The molecule has 3 unspecified atom stereocenters. The molecule has 3 aliphatic rings. The molecule has 0 radical (unpaired) electrons. The molecule has 3 saturated carbocycles. The van der Waals surface area contributed by atoms with Gasteiger partial charge in [-0.1, -0.05) is 25.1 Å². The molecule has 3 aliphatic carbocycles. The van der Waals surface area contributed by atoms with Gasteiger partial charge in [0.05, 0.1) is 10.4 Å². The zero-order valence-corrected chi connectivity index (χ0v) is 10.9. The Morgan fingerprint density at radius 3 is 2.47 bits per heavy atom. The SMILES string of the molecule is NC(=S)C1(C(=O)NC2CC3CCC2C3)CCC1. The van der Waals surface area contributed by atoms with Crippen LogP contribution in [-0.2, 0) is 4.79 Å². The molecule has 0 saturated heterocycles. The number of thiocarbonyl (C=S) groups is 1. The Morgan fingerprint density at radius 2 is 2.06 bits per heavy atom. The Labute approximate surface area is 108 Å². The molecule has 1 amide bonds. The highest BCUT2D eigenvalue weighted by Gasteiger charge is 2.49. The lowest BCUT2D eigenvalue weighted by atomic mass is 9.67. The maximum atomic E-state index is 12.3. The first kappa shape index (κ1) is 11.5. The van der Waals surface area contributed by atoms with Crippen molar-refractivity contribution in [1.29, 1.82) is 0 Å². The summed E-state index contributed by atoms with van der Waals surface area (Å²) in [4.78, 5) is 12.7. The molecule has 3 atom stereocenters. The van der Waals surface area contributed by atoms with E-state index in [1.165, 1.54) is 25.7 Å². The second-order valence-corrected chi connectivity index (χ2v) is 6.49. The highest BCUT2D eigenvalue weighted by molar-refractivity contribution is 7.80. The van der Waals surface area contributed by atoms with E-state index in [0.717, 1.165) is 25.2 Å². The molecule has 2 bridgehead atoms. The molecule has 0 aromatic heterocycles. The van der Waals surface area contributed by atoms with Crippen molar-refractivity contribution in [1.82, 2.24) is 5.32 Å². The number of rotatable bonds is 3. The van der Waals surface area contributed by atoms with E-state index < -0.39 is 5.41 Å². The van der Waals surface area contributed by atoms with E-state index in [4.69, 9.17) is 18.0 Å². The Balaban J connectivity index is 1.65. The topological polar surface area (TPSA) is 55.1 Å². The van der Waals surface area contributed by atoms with Crippen LogP contribution in [0.4, 0.5) is 0 Å². The summed E-state index contributed by atoms with van der Waals surface area (Å²) in [6.45, 7) is 0. The first-order valence-corrected chi connectivity index (χ1v) is 7.13. The van der Waals surface area contributed by atoms with E-state index >= 15 is 0 Å². The summed E-state index contributed by atoms with van der Waals surface area (Å²) >= 11 is 5.08. The minimum Gasteiger partial charge on any atom is -0.392 e. The lowest BCUT2D eigenvalue weighted by Gasteiger charge is -2.40. The third kappa shape index (κ3) is 1.68.